The number of aryl methyl sites for hydroxylation is 1. The molecule has 6 nitrogen and oxygen atoms in total. The van der Waals surface area contributed by atoms with Crippen molar-refractivity contribution in [3.8, 4) is 0 Å². The number of likely N-dealkylation sites (tertiary alicyclic amines) is 1. The van der Waals surface area contributed by atoms with E-state index in [1.807, 2.05) is 0 Å². The van der Waals surface area contributed by atoms with Crippen LogP contribution in [-0.4, -0.2) is 38.7 Å². The average Bonchev–Trinajstić information content (AvgIpc) is 2.58. The van der Waals surface area contributed by atoms with Crippen LogP contribution >= 0.6 is 0 Å². The fourth-order valence-electron chi connectivity index (χ4n) is 2.02. The van der Waals surface area contributed by atoms with Crippen LogP contribution in [-0.2, 0) is 7.05 Å². The van der Waals surface area contributed by atoms with Gasteiger partial charge >= 0.3 is 5.69 Å². The van der Waals surface area contributed by atoms with Crippen LogP contribution in [0.15, 0.2) is 4.79 Å². The van der Waals surface area contributed by atoms with Crippen molar-refractivity contribution in [2.45, 2.75) is 19.8 Å². The third kappa shape index (κ3) is 2.00. The van der Waals surface area contributed by atoms with E-state index in [2.05, 4.69) is 17.0 Å². The highest BCUT2D eigenvalue weighted by molar-refractivity contribution is 5.90. The summed E-state index contributed by atoms with van der Waals surface area (Å²) >= 11 is 0. The number of rotatable bonds is 1. The predicted molar refractivity (Wildman–Crippen MR) is 58.1 cm³/mol. The summed E-state index contributed by atoms with van der Waals surface area (Å²) in [5.41, 5.74) is -0.353. The molecule has 1 N–H and O–H groups in total. The van der Waals surface area contributed by atoms with E-state index in [9.17, 15) is 9.59 Å². The highest BCUT2D eigenvalue weighted by Crippen LogP contribution is 2.16. The van der Waals surface area contributed by atoms with E-state index in [4.69, 9.17) is 0 Å². The minimum Gasteiger partial charge on any atom is -0.336 e. The lowest BCUT2D eigenvalue weighted by Gasteiger charge is -2.30. The van der Waals surface area contributed by atoms with Crippen LogP contribution in [0.2, 0.25) is 0 Å². The fraction of sp³-hybridized carbons (Fsp3) is 0.700. The quantitative estimate of drug-likeness (QED) is 0.728. The van der Waals surface area contributed by atoms with Crippen LogP contribution < -0.4 is 5.69 Å². The molecule has 0 bridgehead atoms. The summed E-state index contributed by atoms with van der Waals surface area (Å²) in [6, 6.07) is 0. The topological polar surface area (TPSA) is 71.0 Å². The molecule has 1 saturated heterocycles. The predicted octanol–water partition coefficient (Wildman–Crippen LogP) is -0.0195. The molecule has 1 aliphatic heterocycles. The monoisotopic (exact) mass is 224 g/mol. The van der Waals surface area contributed by atoms with E-state index in [1.165, 1.54) is 7.05 Å². The molecule has 1 atom stereocenters. The van der Waals surface area contributed by atoms with E-state index >= 15 is 0 Å². The van der Waals surface area contributed by atoms with Gasteiger partial charge in [-0.3, -0.25) is 9.78 Å². The molecule has 6 heteroatoms. The number of H-pyrrole nitrogens is 1. The van der Waals surface area contributed by atoms with Gasteiger partial charge in [0, 0.05) is 20.1 Å². The van der Waals surface area contributed by atoms with Gasteiger partial charge in [-0.1, -0.05) is 6.92 Å². The van der Waals surface area contributed by atoms with Gasteiger partial charge in [0.05, 0.1) is 0 Å². The van der Waals surface area contributed by atoms with Crippen LogP contribution in [0.5, 0.6) is 0 Å². The Bertz CT molecular complexity index is 448. The number of hydrogen-bond donors (Lipinski definition) is 1. The lowest BCUT2D eigenvalue weighted by Crippen LogP contribution is -2.39. The van der Waals surface area contributed by atoms with Gasteiger partial charge in [-0.05, 0) is 18.8 Å². The van der Waals surface area contributed by atoms with E-state index in [-0.39, 0.29) is 17.4 Å². The molecule has 1 aromatic rings. The molecular formula is C10H16N4O2. The van der Waals surface area contributed by atoms with Crippen molar-refractivity contribution >= 4 is 5.91 Å². The summed E-state index contributed by atoms with van der Waals surface area (Å²) in [4.78, 5) is 27.4. The summed E-state index contributed by atoms with van der Waals surface area (Å²) in [5, 5.41) is 3.87. The molecule has 2 rings (SSSR count). The Morgan fingerprint density at radius 1 is 1.56 bits per heavy atom. The summed E-state index contributed by atoms with van der Waals surface area (Å²) in [7, 11) is 1.52. The van der Waals surface area contributed by atoms with E-state index in [1.54, 1.807) is 4.90 Å². The van der Waals surface area contributed by atoms with Gasteiger partial charge < -0.3 is 4.90 Å². The Kier molecular flexibility index (Phi) is 2.80. The van der Waals surface area contributed by atoms with Gasteiger partial charge in [0.15, 0.2) is 0 Å². The number of amides is 1. The minimum atomic E-state index is -0.353. The number of hydrogen-bond acceptors (Lipinski definition) is 3. The van der Waals surface area contributed by atoms with Gasteiger partial charge in [0.25, 0.3) is 5.91 Å². The molecule has 2 heterocycles. The van der Waals surface area contributed by atoms with Gasteiger partial charge in [-0.2, -0.15) is 0 Å². The van der Waals surface area contributed by atoms with Crippen LogP contribution in [0.25, 0.3) is 0 Å². The van der Waals surface area contributed by atoms with Crippen molar-refractivity contribution in [1.82, 2.24) is 19.7 Å². The molecule has 1 aromatic heterocycles. The Hall–Kier alpha value is -1.59. The zero-order valence-corrected chi connectivity index (χ0v) is 9.56. The molecule has 1 aliphatic rings. The summed E-state index contributed by atoms with van der Waals surface area (Å²) < 4.78 is 1.14. The van der Waals surface area contributed by atoms with Crippen LogP contribution in [0, 0.1) is 5.92 Å². The zero-order valence-electron chi connectivity index (χ0n) is 9.56. The average molecular weight is 224 g/mol. The number of aromatic nitrogens is 3. The number of nitrogens with zero attached hydrogens (tertiary/aromatic N) is 3. The second-order valence-electron chi connectivity index (χ2n) is 4.40. The molecular weight excluding hydrogens is 208 g/mol. The lowest BCUT2D eigenvalue weighted by atomic mass is 10.0. The molecule has 0 radical (unpaired) electrons. The smallest absolute Gasteiger partial charge is 0.336 e. The highest BCUT2D eigenvalue weighted by Gasteiger charge is 2.24. The Labute approximate surface area is 93.3 Å². The summed E-state index contributed by atoms with van der Waals surface area (Å²) in [6.45, 7) is 3.62. The molecule has 1 amide bonds. The molecule has 0 saturated carbocycles. The first-order valence-corrected chi connectivity index (χ1v) is 5.50. The van der Waals surface area contributed by atoms with Crippen LogP contribution in [0.3, 0.4) is 0 Å². The second-order valence-corrected chi connectivity index (χ2v) is 4.40. The molecule has 16 heavy (non-hydrogen) atoms. The number of piperidine rings is 1. The van der Waals surface area contributed by atoms with Gasteiger partial charge in [-0.25, -0.2) is 9.48 Å². The zero-order chi connectivity index (χ0) is 11.7. The first kappa shape index (κ1) is 10.9. The van der Waals surface area contributed by atoms with Crippen LogP contribution in [0.4, 0.5) is 0 Å². The highest BCUT2D eigenvalue weighted by atomic mass is 16.2. The maximum Gasteiger partial charge on any atom is 0.343 e. The van der Waals surface area contributed by atoms with Crippen molar-refractivity contribution in [3.63, 3.8) is 0 Å². The Morgan fingerprint density at radius 2 is 2.31 bits per heavy atom. The van der Waals surface area contributed by atoms with E-state index in [0.29, 0.717) is 5.92 Å². The van der Waals surface area contributed by atoms with Gasteiger partial charge in [-0.15, -0.1) is 5.10 Å². The lowest BCUT2D eigenvalue weighted by molar-refractivity contribution is 0.0670. The minimum absolute atomic E-state index is 0.140. The largest absolute Gasteiger partial charge is 0.343 e. The Balaban J connectivity index is 2.15. The fourth-order valence-corrected chi connectivity index (χ4v) is 2.02. The van der Waals surface area contributed by atoms with Crippen LogP contribution in [0.1, 0.15) is 30.4 Å². The van der Waals surface area contributed by atoms with Crippen molar-refractivity contribution in [2.75, 3.05) is 13.1 Å². The van der Waals surface area contributed by atoms with Crippen molar-refractivity contribution in [3.05, 3.63) is 16.3 Å². The summed E-state index contributed by atoms with van der Waals surface area (Å²) in [5.74, 6) is 0.485. The normalized spacial score (nSPS) is 21.1. The Morgan fingerprint density at radius 3 is 2.88 bits per heavy atom. The number of nitrogens with one attached hydrogen (secondary N) is 1. The number of aromatic amines is 1. The molecule has 1 fully saturated rings. The SMILES string of the molecule is CC1CCCN(C(=O)c2nn(C)c(=O)[nH]2)C1. The third-order valence-electron chi connectivity index (χ3n) is 2.92. The second kappa shape index (κ2) is 4.11. The molecule has 0 spiro atoms. The number of carbonyl (C=O) groups excluding carboxylic acids is 1. The van der Waals surface area contributed by atoms with Crippen molar-refractivity contribution < 1.29 is 4.79 Å². The molecule has 0 aromatic carbocycles. The molecule has 1 unspecified atom stereocenters. The van der Waals surface area contributed by atoms with Crippen molar-refractivity contribution in [1.29, 1.82) is 0 Å². The maximum atomic E-state index is 12.0. The molecule has 0 aliphatic carbocycles. The first-order chi connectivity index (χ1) is 7.58. The molecule has 88 valence electrons. The first-order valence-electron chi connectivity index (χ1n) is 5.50. The number of carbonyl (C=O) groups is 1. The third-order valence-corrected chi connectivity index (χ3v) is 2.92. The summed E-state index contributed by atoms with van der Waals surface area (Å²) in [6.07, 6.45) is 2.17. The van der Waals surface area contributed by atoms with E-state index in [0.717, 1.165) is 30.6 Å². The van der Waals surface area contributed by atoms with Gasteiger partial charge in [0.2, 0.25) is 5.82 Å². The standard InChI is InChI=1S/C10H16N4O2/c1-7-4-3-5-14(6-7)9(15)8-11-10(16)13(2)12-8/h7H,3-6H2,1-2H3,(H,11,12,16). The van der Waals surface area contributed by atoms with Gasteiger partial charge in [0.1, 0.15) is 0 Å². The van der Waals surface area contributed by atoms with Crippen molar-refractivity contribution in [2.24, 2.45) is 13.0 Å². The van der Waals surface area contributed by atoms with E-state index < -0.39 is 0 Å². The maximum absolute atomic E-state index is 12.0.